The molecule has 0 aliphatic heterocycles. The first kappa shape index (κ1) is 16.7. The molecule has 0 fully saturated rings. The standard InChI is InChI=1S/C12H18N2O3.ClH/c1-2-3-4-5-11(13)10-8-9(14(16)17)6-7-12(10)15;/h6-8,11,15H,2-5,13H2,1H3;1H/t11-;/m0./s1. The molecule has 0 spiro atoms. The van der Waals surface area contributed by atoms with Crippen LogP contribution in [0.4, 0.5) is 5.69 Å². The van der Waals surface area contributed by atoms with E-state index >= 15 is 0 Å². The molecule has 18 heavy (non-hydrogen) atoms. The summed E-state index contributed by atoms with van der Waals surface area (Å²) in [7, 11) is 0. The van der Waals surface area contributed by atoms with Gasteiger partial charge in [-0.3, -0.25) is 10.1 Å². The van der Waals surface area contributed by atoms with E-state index in [1.54, 1.807) is 0 Å². The summed E-state index contributed by atoms with van der Waals surface area (Å²) in [6.07, 6.45) is 3.85. The van der Waals surface area contributed by atoms with Gasteiger partial charge in [0, 0.05) is 23.7 Å². The van der Waals surface area contributed by atoms with E-state index in [4.69, 9.17) is 5.73 Å². The third kappa shape index (κ3) is 4.50. The van der Waals surface area contributed by atoms with Gasteiger partial charge in [-0.2, -0.15) is 0 Å². The number of halogens is 1. The zero-order chi connectivity index (χ0) is 12.8. The number of nitrogens with two attached hydrogens (primary N) is 1. The highest BCUT2D eigenvalue weighted by molar-refractivity contribution is 5.85. The first-order valence-corrected chi connectivity index (χ1v) is 5.79. The Bertz CT molecular complexity index is 399. The van der Waals surface area contributed by atoms with Crippen LogP contribution in [0.3, 0.4) is 0 Å². The van der Waals surface area contributed by atoms with Crippen LogP contribution in [0.5, 0.6) is 5.75 Å². The monoisotopic (exact) mass is 274 g/mol. The van der Waals surface area contributed by atoms with Gasteiger partial charge in [-0.1, -0.05) is 26.2 Å². The van der Waals surface area contributed by atoms with E-state index in [2.05, 4.69) is 6.92 Å². The van der Waals surface area contributed by atoms with Gasteiger partial charge in [-0.15, -0.1) is 12.4 Å². The van der Waals surface area contributed by atoms with Crippen LogP contribution in [0.15, 0.2) is 18.2 Å². The van der Waals surface area contributed by atoms with Crippen molar-refractivity contribution in [3.8, 4) is 5.75 Å². The Morgan fingerprint density at radius 1 is 1.44 bits per heavy atom. The highest BCUT2D eigenvalue weighted by atomic mass is 35.5. The molecule has 0 saturated heterocycles. The maximum absolute atomic E-state index is 10.6. The van der Waals surface area contributed by atoms with Gasteiger partial charge in [-0.25, -0.2) is 0 Å². The minimum atomic E-state index is -0.484. The van der Waals surface area contributed by atoms with Crippen molar-refractivity contribution in [2.75, 3.05) is 0 Å². The summed E-state index contributed by atoms with van der Waals surface area (Å²) < 4.78 is 0. The van der Waals surface area contributed by atoms with Crippen molar-refractivity contribution < 1.29 is 10.0 Å². The fourth-order valence-electron chi connectivity index (χ4n) is 1.72. The highest BCUT2D eigenvalue weighted by Crippen LogP contribution is 2.29. The molecule has 0 amide bonds. The smallest absolute Gasteiger partial charge is 0.270 e. The van der Waals surface area contributed by atoms with Crippen molar-refractivity contribution in [3.63, 3.8) is 0 Å². The van der Waals surface area contributed by atoms with Gasteiger partial charge in [0.25, 0.3) is 5.69 Å². The van der Waals surface area contributed by atoms with E-state index in [-0.39, 0.29) is 29.9 Å². The van der Waals surface area contributed by atoms with Gasteiger partial charge in [-0.05, 0) is 12.5 Å². The SMILES string of the molecule is CCCCC[C@H](N)c1cc([N+](=O)[O-])ccc1O.Cl. The highest BCUT2D eigenvalue weighted by Gasteiger charge is 2.15. The lowest BCUT2D eigenvalue weighted by molar-refractivity contribution is -0.385. The number of phenolic OH excluding ortho intramolecular Hbond substituents is 1. The molecule has 0 unspecified atom stereocenters. The quantitative estimate of drug-likeness (QED) is 0.473. The van der Waals surface area contributed by atoms with Crippen LogP contribution in [0.2, 0.25) is 0 Å². The summed E-state index contributed by atoms with van der Waals surface area (Å²) in [5.74, 6) is 0.0274. The number of unbranched alkanes of at least 4 members (excludes halogenated alkanes) is 2. The molecule has 0 aromatic heterocycles. The molecule has 1 aromatic rings. The van der Waals surface area contributed by atoms with Crippen molar-refractivity contribution in [2.24, 2.45) is 5.73 Å². The van der Waals surface area contributed by atoms with E-state index < -0.39 is 4.92 Å². The number of phenols is 1. The molecule has 0 bridgehead atoms. The summed E-state index contributed by atoms with van der Waals surface area (Å²) in [6, 6.07) is 3.61. The van der Waals surface area contributed by atoms with Crippen LogP contribution in [0.1, 0.15) is 44.2 Å². The molecule has 0 radical (unpaired) electrons. The molecule has 0 aliphatic rings. The van der Waals surface area contributed by atoms with Crippen LogP contribution in [0, 0.1) is 10.1 Å². The van der Waals surface area contributed by atoms with E-state index in [0.717, 1.165) is 25.7 Å². The Kier molecular flexibility index (Phi) is 7.31. The lowest BCUT2D eigenvalue weighted by Gasteiger charge is -2.13. The van der Waals surface area contributed by atoms with Crippen molar-refractivity contribution in [1.82, 2.24) is 0 Å². The Hall–Kier alpha value is -1.33. The van der Waals surface area contributed by atoms with Crippen LogP contribution < -0.4 is 5.73 Å². The predicted molar refractivity (Wildman–Crippen MR) is 73.1 cm³/mol. The van der Waals surface area contributed by atoms with Gasteiger partial charge in [0.1, 0.15) is 5.75 Å². The zero-order valence-corrected chi connectivity index (χ0v) is 11.2. The number of non-ortho nitro benzene ring substituents is 1. The maximum Gasteiger partial charge on any atom is 0.270 e. The van der Waals surface area contributed by atoms with E-state index in [1.807, 2.05) is 0 Å². The van der Waals surface area contributed by atoms with Gasteiger partial charge in [0.15, 0.2) is 0 Å². The Balaban J connectivity index is 0.00000289. The molecule has 0 heterocycles. The third-order valence-electron chi connectivity index (χ3n) is 2.74. The molecular weight excluding hydrogens is 256 g/mol. The minimum absolute atomic E-state index is 0. The van der Waals surface area contributed by atoms with Gasteiger partial charge in [0.2, 0.25) is 0 Å². The van der Waals surface area contributed by atoms with Crippen molar-refractivity contribution in [1.29, 1.82) is 0 Å². The molecule has 1 aromatic carbocycles. The number of rotatable bonds is 6. The van der Waals surface area contributed by atoms with Gasteiger partial charge >= 0.3 is 0 Å². The van der Waals surface area contributed by atoms with E-state index in [1.165, 1.54) is 18.2 Å². The number of aromatic hydroxyl groups is 1. The lowest BCUT2D eigenvalue weighted by atomic mass is 10.00. The summed E-state index contributed by atoms with van der Waals surface area (Å²) in [5.41, 5.74) is 6.34. The van der Waals surface area contributed by atoms with Crippen LogP contribution >= 0.6 is 12.4 Å². The fraction of sp³-hybridized carbons (Fsp3) is 0.500. The molecule has 0 aliphatic carbocycles. The van der Waals surface area contributed by atoms with Gasteiger partial charge < -0.3 is 10.8 Å². The number of hydrogen-bond donors (Lipinski definition) is 2. The lowest BCUT2D eigenvalue weighted by Crippen LogP contribution is -2.10. The van der Waals surface area contributed by atoms with Crippen LogP contribution in [-0.2, 0) is 0 Å². The first-order chi connectivity index (χ1) is 8.06. The topological polar surface area (TPSA) is 89.4 Å². The van der Waals surface area contributed by atoms with Crippen LogP contribution in [-0.4, -0.2) is 10.0 Å². The number of benzene rings is 1. The molecule has 3 N–H and O–H groups in total. The molecule has 5 nitrogen and oxygen atoms in total. The molecular formula is C12H19ClN2O3. The van der Waals surface area contributed by atoms with E-state index in [0.29, 0.717) is 5.56 Å². The molecule has 102 valence electrons. The average Bonchev–Trinajstić information content (AvgIpc) is 2.29. The predicted octanol–water partition coefficient (Wildman–Crippen LogP) is 3.30. The second kappa shape index (κ2) is 7.89. The number of hydrogen-bond acceptors (Lipinski definition) is 4. The first-order valence-electron chi connectivity index (χ1n) is 5.79. The normalized spacial score (nSPS) is 11.7. The summed E-state index contributed by atoms with van der Waals surface area (Å²) >= 11 is 0. The fourth-order valence-corrected chi connectivity index (χ4v) is 1.72. The summed E-state index contributed by atoms with van der Waals surface area (Å²) in [6.45, 7) is 2.09. The number of nitro groups is 1. The third-order valence-corrected chi connectivity index (χ3v) is 2.74. The Labute approximate surface area is 113 Å². The van der Waals surface area contributed by atoms with Gasteiger partial charge in [0.05, 0.1) is 4.92 Å². The average molecular weight is 275 g/mol. The minimum Gasteiger partial charge on any atom is -0.508 e. The Morgan fingerprint density at radius 3 is 2.67 bits per heavy atom. The largest absolute Gasteiger partial charge is 0.508 e. The number of nitro benzene ring substituents is 1. The Morgan fingerprint density at radius 2 is 2.11 bits per heavy atom. The molecule has 0 saturated carbocycles. The van der Waals surface area contributed by atoms with E-state index in [9.17, 15) is 15.2 Å². The maximum atomic E-state index is 10.6. The second-order valence-corrected chi connectivity index (χ2v) is 4.10. The molecule has 1 rings (SSSR count). The molecule has 1 atom stereocenters. The van der Waals surface area contributed by atoms with Crippen molar-refractivity contribution in [2.45, 2.75) is 38.6 Å². The molecule has 6 heteroatoms. The van der Waals surface area contributed by atoms with Crippen molar-refractivity contribution in [3.05, 3.63) is 33.9 Å². The summed E-state index contributed by atoms with van der Waals surface area (Å²) in [4.78, 5) is 10.1. The number of nitrogens with zero attached hydrogens (tertiary/aromatic N) is 1. The summed E-state index contributed by atoms with van der Waals surface area (Å²) in [5, 5.41) is 20.3. The van der Waals surface area contributed by atoms with Crippen LogP contribution in [0.25, 0.3) is 0 Å². The second-order valence-electron chi connectivity index (χ2n) is 4.10. The zero-order valence-electron chi connectivity index (χ0n) is 10.3. The van der Waals surface area contributed by atoms with Crippen molar-refractivity contribution >= 4 is 18.1 Å².